The number of piperidine rings is 1. The van der Waals surface area contributed by atoms with Crippen molar-refractivity contribution in [3.05, 3.63) is 80.3 Å². The SMILES string of the molecule is Cc1ccc(Cc2csc(N3CCC(S(=O)(=O)c4ccc([N+](=O)[O-])cc4)CC3)n2)cc1C. The highest BCUT2D eigenvalue weighted by atomic mass is 32.2. The smallest absolute Gasteiger partial charge is 0.269 e. The van der Waals surface area contributed by atoms with Gasteiger partial charge in [0.1, 0.15) is 0 Å². The van der Waals surface area contributed by atoms with E-state index < -0.39 is 20.0 Å². The molecule has 9 heteroatoms. The standard InChI is InChI=1S/C23H25N3O4S2/c1-16-3-4-18(13-17(16)2)14-19-15-31-23(24-19)25-11-9-22(10-12-25)32(29,30)21-7-5-20(6-8-21)26(27)28/h3-8,13,15,22H,9-12,14H2,1-2H3. The van der Waals surface area contributed by atoms with Crippen molar-refractivity contribution in [3.8, 4) is 0 Å². The first-order valence-corrected chi connectivity index (χ1v) is 12.9. The number of anilines is 1. The molecule has 0 bridgehead atoms. The minimum atomic E-state index is -3.52. The molecule has 2 aromatic carbocycles. The first kappa shape index (κ1) is 22.4. The van der Waals surface area contributed by atoms with Gasteiger partial charge in [0, 0.05) is 37.0 Å². The molecule has 1 aliphatic heterocycles. The van der Waals surface area contributed by atoms with Gasteiger partial charge in [-0.15, -0.1) is 11.3 Å². The van der Waals surface area contributed by atoms with E-state index in [0.29, 0.717) is 25.9 Å². The monoisotopic (exact) mass is 471 g/mol. The van der Waals surface area contributed by atoms with E-state index in [1.165, 1.54) is 41.0 Å². The third-order valence-electron chi connectivity index (χ3n) is 6.02. The van der Waals surface area contributed by atoms with Gasteiger partial charge < -0.3 is 4.90 Å². The molecule has 0 spiro atoms. The highest BCUT2D eigenvalue weighted by Crippen LogP contribution is 2.30. The molecular weight excluding hydrogens is 446 g/mol. The molecule has 7 nitrogen and oxygen atoms in total. The summed E-state index contributed by atoms with van der Waals surface area (Å²) in [5, 5.41) is 13.3. The van der Waals surface area contributed by atoms with Crippen LogP contribution in [0, 0.1) is 24.0 Å². The zero-order chi connectivity index (χ0) is 22.9. The van der Waals surface area contributed by atoms with Crippen LogP contribution < -0.4 is 4.90 Å². The van der Waals surface area contributed by atoms with Crippen molar-refractivity contribution >= 4 is 32.0 Å². The van der Waals surface area contributed by atoms with Crippen LogP contribution in [0.3, 0.4) is 0 Å². The number of sulfone groups is 1. The number of thiazole rings is 1. The molecule has 32 heavy (non-hydrogen) atoms. The third kappa shape index (κ3) is 4.68. The van der Waals surface area contributed by atoms with Gasteiger partial charge in [-0.25, -0.2) is 13.4 Å². The van der Waals surface area contributed by atoms with Crippen molar-refractivity contribution in [1.29, 1.82) is 0 Å². The lowest BCUT2D eigenvalue weighted by Crippen LogP contribution is -2.39. The van der Waals surface area contributed by atoms with Crippen molar-refractivity contribution in [3.63, 3.8) is 0 Å². The second-order valence-electron chi connectivity index (χ2n) is 8.20. The molecule has 2 heterocycles. The Morgan fingerprint density at radius 2 is 1.78 bits per heavy atom. The van der Waals surface area contributed by atoms with Gasteiger partial charge in [-0.3, -0.25) is 10.1 Å². The number of nitro benzene ring substituents is 1. The van der Waals surface area contributed by atoms with Gasteiger partial charge in [-0.2, -0.15) is 0 Å². The van der Waals surface area contributed by atoms with Gasteiger partial charge in [-0.1, -0.05) is 18.2 Å². The first-order chi connectivity index (χ1) is 15.2. The molecule has 168 valence electrons. The van der Waals surface area contributed by atoms with Crippen molar-refractivity contribution in [2.45, 2.75) is 43.3 Å². The zero-order valence-corrected chi connectivity index (χ0v) is 19.7. The Morgan fingerprint density at radius 1 is 1.09 bits per heavy atom. The molecule has 0 aliphatic carbocycles. The number of nitro groups is 1. The molecule has 1 aromatic heterocycles. The van der Waals surface area contributed by atoms with E-state index in [1.807, 2.05) is 0 Å². The summed E-state index contributed by atoms with van der Waals surface area (Å²) in [5.41, 5.74) is 4.69. The summed E-state index contributed by atoms with van der Waals surface area (Å²) in [6.07, 6.45) is 1.79. The summed E-state index contributed by atoms with van der Waals surface area (Å²) in [7, 11) is -3.52. The van der Waals surface area contributed by atoms with Gasteiger partial charge >= 0.3 is 0 Å². The van der Waals surface area contributed by atoms with Gasteiger partial charge in [0.15, 0.2) is 15.0 Å². The molecule has 0 unspecified atom stereocenters. The molecule has 4 rings (SSSR count). The fraction of sp³-hybridized carbons (Fsp3) is 0.348. The summed E-state index contributed by atoms with van der Waals surface area (Å²) in [4.78, 5) is 17.4. The molecule has 0 saturated carbocycles. The van der Waals surface area contributed by atoms with Crippen molar-refractivity contribution in [2.24, 2.45) is 0 Å². The molecule has 1 aliphatic rings. The summed E-state index contributed by atoms with van der Waals surface area (Å²) in [6.45, 7) is 5.45. The van der Waals surface area contributed by atoms with Crippen LogP contribution in [0.2, 0.25) is 0 Å². The summed E-state index contributed by atoms with van der Waals surface area (Å²) >= 11 is 1.59. The van der Waals surface area contributed by atoms with Crippen LogP contribution in [0.1, 0.15) is 35.2 Å². The maximum absolute atomic E-state index is 13.0. The van der Waals surface area contributed by atoms with Crippen LogP contribution >= 0.6 is 11.3 Å². The Kier molecular flexibility index (Phi) is 6.30. The second kappa shape index (κ2) is 8.99. The largest absolute Gasteiger partial charge is 0.348 e. The van der Waals surface area contributed by atoms with E-state index >= 15 is 0 Å². The summed E-state index contributed by atoms with van der Waals surface area (Å²) in [5.74, 6) is 0. The fourth-order valence-electron chi connectivity index (χ4n) is 3.95. The number of aryl methyl sites for hydroxylation is 2. The van der Waals surface area contributed by atoms with Crippen molar-refractivity contribution in [2.75, 3.05) is 18.0 Å². The molecule has 0 atom stereocenters. The van der Waals surface area contributed by atoms with Gasteiger partial charge in [-0.05, 0) is 55.5 Å². The predicted molar refractivity (Wildman–Crippen MR) is 126 cm³/mol. The average Bonchev–Trinajstić information content (AvgIpc) is 3.25. The van der Waals surface area contributed by atoms with Gasteiger partial charge in [0.2, 0.25) is 0 Å². The van der Waals surface area contributed by atoms with Crippen LogP contribution in [0.4, 0.5) is 10.8 Å². The Balaban J connectivity index is 1.39. The molecular formula is C23H25N3O4S2. The number of hydrogen-bond acceptors (Lipinski definition) is 7. The predicted octanol–water partition coefficient (Wildman–Crippen LogP) is 4.70. The summed E-state index contributed by atoms with van der Waals surface area (Å²) < 4.78 is 25.9. The number of aromatic nitrogens is 1. The maximum Gasteiger partial charge on any atom is 0.269 e. The van der Waals surface area contributed by atoms with E-state index in [1.54, 1.807) is 11.3 Å². The van der Waals surface area contributed by atoms with E-state index in [-0.39, 0.29) is 10.6 Å². The number of nitrogens with zero attached hydrogens (tertiary/aromatic N) is 3. The Labute approximate surface area is 191 Å². The molecule has 0 radical (unpaired) electrons. The molecule has 0 amide bonds. The minimum absolute atomic E-state index is 0.112. The lowest BCUT2D eigenvalue weighted by atomic mass is 10.0. The lowest BCUT2D eigenvalue weighted by molar-refractivity contribution is -0.384. The number of benzene rings is 2. The number of non-ortho nitro benzene ring substituents is 1. The van der Waals surface area contributed by atoms with Gasteiger partial charge in [0.25, 0.3) is 5.69 Å². The first-order valence-electron chi connectivity index (χ1n) is 10.5. The second-order valence-corrected chi connectivity index (χ2v) is 11.3. The molecule has 1 saturated heterocycles. The molecule has 1 fully saturated rings. The Morgan fingerprint density at radius 3 is 2.41 bits per heavy atom. The minimum Gasteiger partial charge on any atom is -0.348 e. The Hall–Kier alpha value is -2.78. The fourth-order valence-corrected chi connectivity index (χ4v) is 6.56. The quantitative estimate of drug-likeness (QED) is 0.382. The van der Waals surface area contributed by atoms with E-state index in [2.05, 4.69) is 42.3 Å². The van der Waals surface area contributed by atoms with E-state index in [0.717, 1.165) is 17.2 Å². The number of hydrogen-bond donors (Lipinski definition) is 0. The van der Waals surface area contributed by atoms with Crippen LogP contribution in [0.5, 0.6) is 0 Å². The van der Waals surface area contributed by atoms with Crippen molar-refractivity contribution in [1.82, 2.24) is 4.98 Å². The number of rotatable bonds is 6. The average molecular weight is 472 g/mol. The van der Waals surface area contributed by atoms with Crippen LogP contribution in [0.25, 0.3) is 0 Å². The third-order valence-corrected chi connectivity index (χ3v) is 9.25. The van der Waals surface area contributed by atoms with Gasteiger partial charge in [0.05, 0.1) is 20.8 Å². The molecule has 3 aromatic rings. The topological polar surface area (TPSA) is 93.4 Å². The van der Waals surface area contributed by atoms with Crippen molar-refractivity contribution < 1.29 is 13.3 Å². The normalized spacial score (nSPS) is 15.1. The van der Waals surface area contributed by atoms with Crippen LogP contribution in [-0.2, 0) is 16.3 Å². The van der Waals surface area contributed by atoms with E-state index in [9.17, 15) is 18.5 Å². The summed E-state index contributed by atoms with van der Waals surface area (Å²) in [6, 6.07) is 11.6. The lowest BCUT2D eigenvalue weighted by Gasteiger charge is -2.31. The highest BCUT2D eigenvalue weighted by molar-refractivity contribution is 7.92. The maximum atomic E-state index is 13.0. The molecule has 0 N–H and O–H groups in total. The van der Waals surface area contributed by atoms with Crippen LogP contribution in [0.15, 0.2) is 52.7 Å². The zero-order valence-electron chi connectivity index (χ0n) is 18.0. The highest BCUT2D eigenvalue weighted by Gasteiger charge is 2.32. The van der Waals surface area contributed by atoms with E-state index in [4.69, 9.17) is 4.98 Å². The van der Waals surface area contributed by atoms with Crippen LogP contribution in [-0.4, -0.2) is 36.7 Å². The Bertz CT molecular complexity index is 1230.